The molecule has 4 rings (SSSR count). The van der Waals surface area contributed by atoms with Crippen molar-refractivity contribution in [1.82, 2.24) is 14.7 Å². The number of rotatable bonds is 15. The Balaban J connectivity index is 1.64. The smallest absolute Gasteiger partial charge is 0.334 e. The Hall–Kier alpha value is -4.20. The third-order valence-corrected chi connectivity index (χ3v) is 11.8. The molecule has 62 heavy (non-hydrogen) atoms. The molecule has 342 valence electrons. The van der Waals surface area contributed by atoms with E-state index in [9.17, 15) is 72.8 Å². The van der Waals surface area contributed by atoms with Crippen LogP contribution < -0.4 is 16.0 Å². The van der Waals surface area contributed by atoms with Gasteiger partial charge in [0.15, 0.2) is 0 Å². The zero-order valence-corrected chi connectivity index (χ0v) is 37.2. The fraction of sp³-hybridized carbons (Fsp3) is 0.447. The molecular formula is C38H55N6O15P3. The third-order valence-electron chi connectivity index (χ3n) is 9.68. The Morgan fingerprint density at radius 3 is 0.952 bits per heavy atom. The molecule has 0 unspecified atom stereocenters. The molecule has 0 aromatic heterocycles. The van der Waals surface area contributed by atoms with Crippen LogP contribution in [-0.4, -0.2) is 135 Å². The maximum absolute atomic E-state index is 12.4. The number of carbonyl (C=O) groups is 3. The minimum absolute atomic E-state index is 0.000762. The molecule has 1 aliphatic rings. The number of aromatic hydroxyl groups is 3. The second-order valence-electron chi connectivity index (χ2n) is 15.6. The highest BCUT2D eigenvalue weighted by Crippen LogP contribution is 2.38. The summed E-state index contributed by atoms with van der Waals surface area (Å²) in [5.74, 6) is -3.74. The molecule has 3 aromatic rings. The van der Waals surface area contributed by atoms with Gasteiger partial charge < -0.3 is 60.6 Å². The van der Waals surface area contributed by atoms with Crippen LogP contribution >= 0.6 is 22.8 Å². The zero-order valence-electron chi connectivity index (χ0n) is 34.5. The van der Waals surface area contributed by atoms with E-state index in [1.165, 1.54) is 18.2 Å². The second kappa shape index (κ2) is 21.5. The highest BCUT2D eigenvalue weighted by molar-refractivity contribution is 7.53. The number of benzene rings is 3. The SMILES string of the molecule is Cc1cc(CN2CCCN(Cc3cc(C)cc(NC(=O)CP(=O)(O)O)c3O)CCN(Cc3cc(C)cc(NC(=O)CP(=O)(O)O)c3O)CCC2)c(O)c(NC(=O)CP(=O)(O)O)c1. The number of anilines is 3. The van der Waals surface area contributed by atoms with Crippen molar-refractivity contribution in [3.05, 3.63) is 69.8 Å². The normalized spacial score (nSPS) is 15.4. The lowest BCUT2D eigenvalue weighted by molar-refractivity contribution is -0.115. The number of hydrogen-bond donors (Lipinski definition) is 12. The van der Waals surface area contributed by atoms with E-state index >= 15 is 0 Å². The van der Waals surface area contributed by atoms with E-state index in [0.717, 1.165) is 0 Å². The lowest BCUT2D eigenvalue weighted by Crippen LogP contribution is -2.36. The molecule has 0 radical (unpaired) electrons. The number of aryl methyl sites for hydroxylation is 3. The number of nitrogens with zero attached hydrogens (tertiary/aromatic N) is 3. The van der Waals surface area contributed by atoms with Gasteiger partial charge in [-0.3, -0.25) is 42.8 Å². The monoisotopic (exact) mass is 928 g/mol. The molecule has 21 nitrogen and oxygen atoms in total. The lowest BCUT2D eigenvalue weighted by atomic mass is 10.1. The van der Waals surface area contributed by atoms with E-state index in [1.807, 2.05) is 0 Å². The van der Waals surface area contributed by atoms with Gasteiger partial charge in [0.25, 0.3) is 0 Å². The zero-order chi connectivity index (χ0) is 46.2. The van der Waals surface area contributed by atoms with Crippen molar-refractivity contribution in [3.8, 4) is 17.2 Å². The molecular weight excluding hydrogens is 873 g/mol. The molecule has 24 heteroatoms. The Labute approximate surface area is 358 Å². The van der Waals surface area contributed by atoms with Gasteiger partial charge in [-0.25, -0.2) is 0 Å². The Morgan fingerprint density at radius 2 is 0.710 bits per heavy atom. The molecule has 0 atom stereocenters. The van der Waals surface area contributed by atoms with Gasteiger partial charge in [-0.05, 0) is 94.7 Å². The Morgan fingerprint density at radius 1 is 0.468 bits per heavy atom. The molecule has 3 aromatic carbocycles. The van der Waals surface area contributed by atoms with Crippen molar-refractivity contribution >= 4 is 57.6 Å². The first-order valence-corrected chi connectivity index (χ1v) is 24.8. The number of phenols is 3. The van der Waals surface area contributed by atoms with Gasteiger partial charge in [0.2, 0.25) is 17.7 Å². The Bertz CT molecular complexity index is 2170. The first-order valence-electron chi connectivity index (χ1n) is 19.4. The molecule has 1 fully saturated rings. The molecule has 0 saturated carbocycles. The number of carbonyl (C=O) groups excluding carboxylic acids is 3. The Kier molecular flexibility index (Phi) is 17.5. The van der Waals surface area contributed by atoms with Crippen LogP contribution in [0.1, 0.15) is 46.2 Å². The molecule has 1 saturated heterocycles. The van der Waals surface area contributed by atoms with E-state index in [4.69, 9.17) is 0 Å². The first-order chi connectivity index (χ1) is 28.7. The average Bonchev–Trinajstić information content (AvgIpc) is 3.13. The molecule has 12 N–H and O–H groups in total. The van der Waals surface area contributed by atoms with Crippen molar-refractivity contribution in [2.24, 2.45) is 0 Å². The lowest BCUT2D eigenvalue weighted by Gasteiger charge is -2.28. The molecule has 0 spiro atoms. The van der Waals surface area contributed by atoms with E-state index in [1.54, 1.807) is 39.0 Å². The third kappa shape index (κ3) is 16.8. The number of hydrogen-bond acceptors (Lipinski definition) is 12. The van der Waals surface area contributed by atoms with Gasteiger partial charge in [0.1, 0.15) is 35.7 Å². The fourth-order valence-corrected chi connectivity index (χ4v) is 8.55. The number of nitrogens with one attached hydrogen (secondary N) is 3. The van der Waals surface area contributed by atoms with Gasteiger partial charge in [-0.15, -0.1) is 0 Å². The highest BCUT2D eigenvalue weighted by atomic mass is 31.2. The number of amides is 3. The molecule has 1 aliphatic heterocycles. The standard InChI is InChI=1S/C38H55N6O15P3/c1-24-12-27(36(48)30(15-24)39-33(45)21-60(51,52)53)18-42-6-4-8-43(19-28-13-25(2)16-31(37(28)49)40-34(46)22-61(54,55)56)10-11-44(9-5-7-42)20-29-14-26(3)17-32(38(29)50)41-35(47)23-62(57,58)59/h12-17,48-50H,4-11,18-23H2,1-3H3,(H,39,45)(H,40,46)(H,41,47)(H2,51,52,53)(H2,54,55,56)(H2,57,58,59). The van der Waals surface area contributed by atoms with E-state index in [2.05, 4.69) is 30.7 Å². The first kappa shape index (κ1) is 50.4. The second-order valence-corrected chi connectivity index (χ2v) is 20.5. The van der Waals surface area contributed by atoms with Crippen molar-refractivity contribution in [2.45, 2.75) is 53.2 Å². The molecule has 0 bridgehead atoms. The van der Waals surface area contributed by atoms with Gasteiger partial charge in [0.05, 0.1) is 17.1 Å². The van der Waals surface area contributed by atoms with E-state index < -0.39 is 59.0 Å². The van der Waals surface area contributed by atoms with Crippen LogP contribution in [0.15, 0.2) is 36.4 Å². The minimum atomic E-state index is -4.68. The quantitative estimate of drug-likeness (QED) is 0.0770. The summed E-state index contributed by atoms with van der Waals surface area (Å²) >= 11 is 0. The maximum Gasteiger partial charge on any atom is 0.334 e. The maximum atomic E-state index is 12.4. The van der Waals surface area contributed by atoms with Crippen LogP contribution in [0.2, 0.25) is 0 Å². The van der Waals surface area contributed by atoms with Crippen molar-refractivity contribution in [3.63, 3.8) is 0 Å². The van der Waals surface area contributed by atoms with Crippen LogP contribution in [-0.2, 0) is 47.7 Å². The van der Waals surface area contributed by atoms with E-state index in [-0.39, 0.29) is 53.9 Å². The van der Waals surface area contributed by atoms with E-state index in [0.29, 0.717) is 85.5 Å². The topological polar surface area (TPSA) is 330 Å². The van der Waals surface area contributed by atoms with Crippen LogP contribution in [0, 0.1) is 20.8 Å². The summed E-state index contributed by atoms with van der Waals surface area (Å²) in [5.41, 5.74) is 3.27. The van der Waals surface area contributed by atoms with Gasteiger partial charge in [0, 0.05) is 49.4 Å². The van der Waals surface area contributed by atoms with Crippen LogP contribution in [0.5, 0.6) is 17.2 Å². The number of phenolic OH excluding ortho intramolecular Hbond substituents is 3. The predicted octanol–water partition coefficient (Wildman–Crippen LogP) is 2.68. The van der Waals surface area contributed by atoms with Crippen molar-refractivity contribution in [1.29, 1.82) is 0 Å². The summed E-state index contributed by atoms with van der Waals surface area (Å²) in [7, 11) is -14.0. The fourth-order valence-electron chi connectivity index (χ4n) is 7.19. The van der Waals surface area contributed by atoms with Gasteiger partial charge >= 0.3 is 22.8 Å². The molecule has 0 aliphatic carbocycles. The summed E-state index contributed by atoms with van der Waals surface area (Å²) < 4.78 is 34.3. The summed E-state index contributed by atoms with van der Waals surface area (Å²) in [6.07, 6.45) is -2.02. The van der Waals surface area contributed by atoms with Crippen LogP contribution in [0.4, 0.5) is 17.1 Å². The largest absolute Gasteiger partial charge is 0.505 e. The predicted molar refractivity (Wildman–Crippen MR) is 230 cm³/mol. The summed E-state index contributed by atoms with van der Waals surface area (Å²) in [4.78, 5) is 98.9. The molecule has 3 amide bonds. The summed E-state index contributed by atoms with van der Waals surface area (Å²) in [6.45, 7) is 8.67. The van der Waals surface area contributed by atoms with Gasteiger partial charge in [-0.2, -0.15) is 0 Å². The summed E-state index contributed by atoms with van der Waals surface area (Å²) in [6, 6.07) is 9.65. The van der Waals surface area contributed by atoms with Gasteiger partial charge in [-0.1, -0.05) is 18.2 Å². The van der Waals surface area contributed by atoms with Crippen LogP contribution in [0.25, 0.3) is 0 Å². The summed E-state index contributed by atoms with van der Waals surface area (Å²) in [5, 5.41) is 40.9. The van der Waals surface area contributed by atoms with Crippen molar-refractivity contribution in [2.75, 3.05) is 73.7 Å². The molecule has 1 heterocycles. The van der Waals surface area contributed by atoms with Crippen LogP contribution in [0.3, 0.4) is 0 Å². The average molecular weight is 929 g/mol. The highest BCUT2D eigenvalue weighted by Gasteiger charge is 2.25. The minimum Gasteiger partial charge on any atom is -0.505 e. The van der Waals surface area contributed by atoms with Crippen molar-refractivity contribution < 1.29 is 72.8 Å².